The maximum atomic E-state index is 15.7. The van der Waals surface area contributed by atoms with Crippen LogP contribution in [-0.4, -0.2) is 106 Å². The highest BCUT2D eigenvalue weighted by Crippen LogP contribution is 2.74. The van der Waals surface area contributed by atoms with Crippen LogP contribution in [0.4, 0.5) is 4.79 Å². The number of hydrogen-bond donors (Lipinski definition) is 2. The van der Waals surface area contributed by atoms with Crippen LogP contribution in [0, 0.1) is 22.7 Å². The molecule has 3 aromatic carbocycles. The Balaban J connectivity index is 1.28. The predicted molar refractivity (Wildman–Crippen MR) is 245 cm³/mol. The zero-order chi connectivity index (χ0) is 49.8. The monoisotopic (exact) mass is 1010 g/mol. The summed E-state index contributed by atoms with van der Waals surface area (Å²) in [7, 11) is 0. The van der Waals surface area contributed by atoms with Crippen molar-refractivity contribution in [2.24, 2.45) is 22.7 Å². The average Bonchev–Trinajstić information content (AvgIpc) is 4.03. The fourth-order valence-corrected chi connectivity index (χ4v) is 11.3. The smallest absolute Gasteiger partial charge is 0.455 e. The molecule has 2 bridgehead atoms. The van der Waals surface area contributed by atoms with Gasteiger partial charge in [0.2, 0.25) is 9.90 Å². The minimum absolute atomic E-state index is 0.0542. The van der Waals surface area contributed by atoms with Crippen molar-refractivity contribution in [3.05, 3.63) is 119 Å². The van der Waals surface area contributed by atoms with Gasteiger partial charge < -0.3 is 43.6 Å². The standard InChI is InChI=1S/C50H50Cl3NO15/c1-26-33(66-44(60)38(67-45(61)64-25-50(51,52)53)36(29-15-9-6-10-16-29)54-42(58)30-17-11-7-12-18-30)23-49(62)41(68-43(59)31-19-13-8-14-20-31)39-47(40(57)37(65-27(2)55)35(26)46(49,4)5)22-32(47)21-34-48(39,24-63-34)69-28(3)56/h6-20,32-34,36-39,41,62H,21-25H2,1-5H3,(H,54,58)/t32?,33?,34?,36-,37+,38?,39?,41-,47?,48-,49+/m0/s1. The molecule has 4 aliphatic carbocycles. The number of fused-ring (bicyclic) bond motifs is 4. The van der Waals surface area contributed by atoms with E-state index in [-0.39, 0.29) is 47.3 Å². The van der Waals surface area contributed by atoms with Crippen LogP contribution in [0.3, 0.4) is 0 Å². The molecule has 366 valence electrons. The Hall–Kier alpha value is -5.52. The SMILES string of the molecule is CC(=O)O[C@H]1C(=O)C23CC2CC2OC[C@@]2(OC(C)=O)C3[C@H](OC(=O)c2ccccc2)[C@]2(O)CC(OC(=O)C(OC(=O)OCC(Cl)(Cl)Cl)[C@@H](NC(=O)c3ccccc3)c3ccccc3)C(C)=C1C2(C)C. The number of amides is 1. The number of alkyl halides is 3. The van der Waals surface area contributed by atoms with Gasteiger partial charge in [-0.3, -0.25) is 19.2 Å². The van der Waals surface area contributed by atoms with Gasteiger partial charge in [-0.25, -0.2) is 14.4 Å². The molecule has 0 radical (unpaired) electrons. The molecular formula is C50H50Cl3NO15. The fourth-order valence-electron chi connectivity index (χ4n) is 11.2. The summed E-state index contributed by atoms with van der Waals surface area (Å²) >= 11 is 17.6. The number of rotatable bonds is 12. The molecule has 1 amide bonds. The van der Waals surface area contributed by atoms with Gasteiger partial charge in [0, 0.05) is 36.7 Å². The van der Waals surface area contributed by atoms with Gasteiger partial charge in [0.15, 0.2) is 17.5 Å². The lowest BCUT2D eigenvalue weighted by Gasteiger charge is -2.64. The van der Waals surface area contributed by atoms with Gasteiger partial charge in [-0.15, -0.1) is 0 Å². The molecule has 4 fully saturated rings. The van der Waals surface area contributed by atoms with Crippen molar-refractivity contribution in [2.75, 3.05) is 13.2 Å². The zero-order valence-electron chi connectivity index (χ0n) is 38.1. The number of ether oxygens (including phenoxy) is 7. The van der Waals surface area contributed by atoms with Crippen molar-refractivity contribution in [3.63, 3.8) is 0 Å². The summed E-state index contributed by atoms with van der Waals surface area (Å²) in [5, 5.41) is 16.7. The van der Waals surface area contributed by atoms with Crippen LogP contribution < -0.4 is 5.32 Å². The molecule has 11 atom stereocenters. The number of benzene rings is 3. The fraction of sp³-hybridized carbons (Fsp3) is 0.460. The number of ketones is 1. The van der Waals surface area contributed by atoms with Crippen LogP contribution in [-0.2, 0) is 52.3 Å². The number of aliphatic hydroxyl groups is 1. The number of carbonyl (C=O) groups is 7. The predicted octanol–water partition coefficient (Wildman–Crippen LogP) is 6.91. The van der Waals surface area contributed by atoms with E-state index in [1.165, 1.54) is 31.2 Å². The van der Waals surface area contributed by atoms with E-state index >= 15 is 9.59 Å². The van der Waals surface area contributed by atoms with Crippen LogP contribution in [0.1, 0.15) is 86.2 Å². The molecule has 5 aliphatic rings. The second-order valence-electron chi connectivity index (χ2n) is 18.7. The summed E-state index contributed by atoms with van der Waals surface area (Å²) in [4.78, 5) is 98.7. The molecule has 6 unspecified atom stereocenters. The molecule has 69 heavy (non-hydrogen) atoms. The lowest BCUT2D eigenvalue weighted by Crippen LogP contribution is -2.78. The van der Waals surface area contributed by atoms with E-state index in [9.17, 15) is 29.1 Å². The average molecular weight is 1010 g/mol. The van der Waals surface area contributed by atoms with Crippen LogP contribution in [0.25, 0.3) is 0 Å². The summed E-state index contributed by atoms with van der Waals surface area (Å²) in [5.41, 5.74) is -6.32. The number of hydrogen-bond acceptors (Lipinski definition) is 15. The van der Waals surface area contributed by atoms with Crippen molar-refractivity contribution in [3.8, 4) is 0 Å². The molecule has 3 saturated carbocycles. The quantitative estimate of drug-likeness (QED) is 0.0816. The number of Topliss-reactive ketones (excluding diaryl/α,β-unsaturated/α-hetero) is 1. The summed E-state index contributed by atoms with van der Waals surface area (Å²) in [5.74, 6) is -6.73. The Morgan fingerprint density at radius 1 is 0.841 bits per heavy atom. The molecule has 1 saturated heterocycles. The van der Waals surface area contributed by atoms with Gasteiger partial charge in [0.05, 0.1) is 18.1 Å². The van der Waals surface area contributed by atoms with E-state index in [0.717, 1.165) is 6.92 Å². The third-order valence-corrected chi connectivity index (χ3v) is 14.7. The molecular weight excluding hydrogens is 961 g/mol. The Bertz CT molecular complexity index is 2570. The van der Waals surface area contributed by atoms with Crippen molar-refractivity contribution in [1.82, 2.24) is 5.32 Å². The zero-order valence-corrected chi connectivity index (χ0v) is 40.4. The molecule has 2 N–H and O–H groups in total. The Labute approximate surface area is 412 Å². The summed E-state index contributed by atoms with van der Waals surface area (Å²) in [6.07, 6.45) is -9.38. The van der Waals surface area contributed by atoms with E-state index in [0.29, 0.717) is 0 Å². The molecule has 0 aromatic heterocycles. The van der Waals surface area contributed by atoms with Crippen molar-refractivity contribution in [1.29, 1.82) is 0 Å². The van der Waals surface area contributed by atoms with E-state index in [1.54, 1.807) is 87.5 Å². The van der Waals surface area contributed by atoms with Gasteiger partial charge >= 0.3 is 30.0 Å². The third-order valence-electron chi connectivity index (χ3n) is 14.4. The molecule has 1 spiro atoms. The first-order chi connectivity index (χ1) is 32.5. The summed E-state index contributed by atoms with van der Waals surface area (Å²) in [6.45, 7) is 6.01. The lowest BCUT2D eigenvalue weighted by atomic mass is 9.48. The topological polar surface area (TPSA) is 216 Å². The van der Waals surface area contributed by atoms with E-state index < -0.39 is 129 Å². The molecule has 1 aliphatic heterocycles. The van der Waals surface area contributed by atoms with E-state index in [2.05, 4.69) is 5.32 Å². The molecule has 8 rings (SSSR count). The van der Waals surface area contributed by atoms with Crippen molar-refractivity contribution >= 4 is 76.5 Å². The lowest BCUT2D eigenvalue weighted by molar-refractivity contribution is -0.323. The number of halogens is 3. The highest BCUT2D eigenvalue weighted by Gasteiger charge is 2.84. The number of esters is 4. The molecule has 3 aromatic rings. The summed E-state index contributed by atoms with van der Waals surface area (Å²) < 4.78 is 39.7. The van der Waals surface area contributed by atoms with Crippen LogP contribution in [0.5, 0.6) is 0 Å². The minimum Gasteiger partial charge on any atom is -0.455 e. The molecule has 1 heterocycles. The second-order valence-corrected chi connectivity index (χ2v) is 21.3. The Kier molecular flexibility index (Phi) is 13.5. The van der Waals surface area contributed by atoms with Crippen LogP contribution in [0.2, 0.25) is 0 Å². The largest absolute Gasteiger partial charge is 0.509 e. The van der Waals surface area contributed by atoms with Gasteiger partial charge in [-0.1, -0.05) is 115 Å². The molecule has 16 nitrogen and oxygen atoms in total. The van der Waals surface area contributed by atoms with Crippen LogP contribution >= 0.6 is 34.8 Å². The van der Waals surface area contributed by atoms with Gasteiger partial charge in [-0.2, -0.15) is 0 Å². The van der Waals surface area contributed by atoms with Crippen molar-refractivity contribution in [2.45, 2.75) is 105 Å². The maximum absolute atomic E-state index is 15.7. The van der Waals surface area contributed by atoms with Gasteiger partial charge in [0.25, 0.3) is 5.91 Å². The van der Waals surface area contributed by atoms with E-state index in [1.807, 2.05) is 0 Å². The van der Waals surface area contributed by atoms with Crippen molar-refractivity contribution < 1.29 is 71.8 Å². The van der Waals surface area contributed by atoms with Gasteiger partial charge in [-0.05, 0) is 66.7 Å². The summed E-state index contributed by atoms with van der Waals surface area (Å²) in [6, 6.07) is 22.5. The molecule has 19 heteroatoms. The number of nitrogens with one attached hydrogen (secondary N) is 1. The second kappa shape index (κ2) is 18.7. The first-order valence-corrected chi connectivity index (χ1v) is 23.4. The first-order valence-electron chi connectivity index (χ1n) is 22.3. The maximum Gasteiger partial charge on any atom is 0.509 e. The Morgan fingerprint density at radius 2 is 1.45 bits per heavy atom. The van der Waals surface area contributed by atoms with Gasteiger partial charge in [0.1, 0.15) is 36.6 Å². The minimum atomic E-state index is -2.36. The highest BCUT2D eigenvalue weighted by atomic mass is 35.6. The number of carbonyl (C=O) groups excluding carboxylic acids is 7. The highest BCUT2D eigenvalue weighted by molar-refractivity contribution is 6.67. The Morgan fingerprint density at radius 3 is 2.01 bits per heavy atom. The van der Waals surface area contributed by atoms with E-state index in [4.69, 9.17) is 68.0 Å². The third kappa shape index (κ3) is 9.10. The first kappa shape index (κ1) is 49.9. The van der Waals surface area contributed by atoms with Crippen LogP contribution in [0.15, 0.2) is 102 Å². The normalized spacial score (nSPS) is 30.4.